The van der Waals surface area contributed by atoms with Gasteiger partial charge < -0.3 is 9.47 Å². The number of anilines is 1. The molecule has 7 nitrogen and oxygen atoms in total. The number of para-hydroxylation sites is 1. The number of thiocarbonyl (C=S) groups is 1. The summed E-state index contributed by atoms with van der Waals surface area (Å²) in [7, 11) is 1.54. The van der Waals surface area contributed by atoms with Crippen LogP contribution in [0.25, 0.3) is 6.08 Å². The number of non-ortho nitro benzene ring substituents is 1. The molecule has 0 aromatic heterocycles. The molecular formula is C20H17ClN2O5S2. The van der Waals surface area contributed by atoms with Gasteiger partial charge in [-0.1, -0.05) is 47.7 Å². The van der Waals surface area contributed by atoms with Gasteiger partial charge in [0.1, 0.15) is 0 Å². The highest BCUT2D eigenvalue weighted by Crippen LogP contribution is 2.42. The Balaban J connectivity index is 2.03. The van der Waals surface area contributed by atoms with Crippen molar-refractivity contribution in [2.45, 2.75) is 20.0 Å². The van der Waals surface area contributed by atoms with Gasteiger partial charge in [-0.05, 0) is 32.1 Å². The maximum Gasteiger partial charge on any atom is 0.271 e. The number of ether oxygens (including phenoxy) is 2. The zero-order chi connectivity index (χ0) is 22.0. The van der Waals surface area contributed by atoms with E-state index in [-0.39, 0.29) is 26.8 Å². The lowest BCUT2D eigenvalue weighted by Gasteiger charge is -2.16. The number of nitro groups is 1. The van der Waals surface area contributed by atoms with E-state index in [0.717, 1.165) is 11.8 Å². The zero-order valence-electron chi connectivity index (χ0n) is 16.2. The molecule has 0 radical (unpaired) electrons. The van der Waals surface area contributed by atoms with Gasteiger partial charge in [-0.25, -0.2) is 0 Å². The average Bonchev–Trinajstić information content (AvgIpc) is 2.96. The van der Waals surface area contributed by atoms with E-state index in [0.29, 0.717) is 22.0 Å². The number of hydrogen-bond acceptors (Lipinski definition) is 7. The Hall–Kier alpha value is -2.62. The molecule has 0 bridgehead atoms. The van der Waals surface area contributed by atoms with Gasteiger partial charge in [-0.2, -0.15) is 0 Å². The predicted molar refractivity (Wildman–Crippen MR) is 123 cm³/mol. The monoisotopic (exact) mass is 464 g/mol. The molecule has 1 aliphatic heterocycles. The van der Waals surface area contributed by atoms with Gasteiger partial charge in [0.25, 0.3) is 11.6 Å². The second kappa shape index (κ2) is 9.03. The van der Waals surface area contributed by atoms with Gasteiger partial charge in [-0.3, -0.25) is 19.8 Å². The predicted octanol–water partition coefficient (Wildman–Crippen LogP) is 5.45. The Morgan fingerprint density at radius 2 is 2.03 bits per heavy atom. The van der Waals surface area contributed by atoms with Crippen molar-refractivity contribution < 1.29 is 19.2 Å². The van der Waals surface area contributed by atoms with Gasteiger partial charge >= 0.3 is 0 Å². The second-order valence-corrected chi connectivity index (χ2v) is 8.54. The zero-order valence-corrected chi connectivity index (χ0v) is 18.6. The molecule has 0 unspecified atom stereocenters. The Bertz CT molecular complexity index is 1070. The third-order valence-corrected chi connectivity index (χ3v) is 5.67. The van der Waals surface area contributed by atoms with Crippen LogP contribution in [0.5, 0.6) is 11.5 Å². The Labute approximate surface area is 187 Å². The number of thioether (sulfide) groups is 1. The maximum atomic E-state index is 13.1. The molecule has 1 amide bonds. The molecule has 0 saturated carbocycles. The van der Waals surface area contributed by atoms with E-state index in [1.165, 1.54) is 30.2 Å². The van der Waals surface area contributed by atoms with Crippen LogP contribution in [-0.2, 0) is 4.79 Å². The normalized spacial score (nSPS) is 15.2. The van der Waals surface area contributed by atoms with Gasteiger partial charge in [0.2, 0.25) is 0 Å². The lowest BCUT2D eigenvalue weighted by atomic mass is 10.1. The number of benzene rings is 2. The van der Waals surface area contributed by atoms with Crippen LogP contribution in [0, 0.1) is 10.1 Å². The largest absolute Gasteiger partial charge is 0.493 e. The molecule has 3 rings (SSSR count). The van der Waals surface area contributed by atoms with Crippen LogP contribution >= 0.6 is 35.6 Å². The highest BCUT2D eigenvalue weighted by molar-refractivity contribution is 8.27. The van der Waals surface area contributed by atoms with E-state index in [9.17, 15) is 14.9 Å². The highest BCUT2D eigenvalue weighted by atomic mass is 35.5. The SMILES string of the molecule is COc1cccc(C=C2SC(=S)N(c3cc([N+](=O)[O-])ccc3Cl)C2=O)c1OC(C)C. The van der Waals surface area contributed by atoms with Crippen molar-refractivity contribution in [3.63, 3.8) is 0 Å². The molecule has 0 atom stereocenters. The minimum absolute atomic E-state index is 0.105. The number of carbonyl (C=O) groups is 1. The minimum atomic E-state index is -0.556. The van der Waals surface area contributed by atoms with E-state index >= 15 is 0 Å². The van der Waals surface area contributed by atoms with Crippen molar-refractivity contribution in [1.29, 1.82) is 0 Å². The van der Waals surface area contributed by atoms with E-state index in [1.807, 2.05) is 13.8 Å². The molecule has 0 N–H and O–H groups in total. The molecule has 0 aliphatic carbocycles. The summed E-state index contributed by atoms with van der Waals surface area (Å²) in [6.45, 7) is 3.78. The molecule has 1 aliphatic rings. The van der Waals surface area contributed by atoms with Crippen molar-refractivity contribution in [1.82, 2.24) is 0 Å². The first-order valence-corrected chi connectivity index (χ1v) is 10.4. The van der Waals surface area contributed by atoms with Crippen LogP contribution < -0.4 is 14.4 Å². The smallest absolute Gasteiger partial charge is 0.271 e. The van der Waals surface area contributed by atoms with Crippen molar-refractivity contribution >= 4 is 63.3 Å². The van der Waals surface area contributed by atoms with Crippen LogP contribution in [0.15, 0.2) is 41.3 Å². The fourth-order valence-corrected chi connectivity index (χ4v) is 4.25. The van der Waals surface area contributed by atoms with Crippen LogP contribution in [0.1, 0.15) is 19.4 Å². The van der Waals surface area contributed by atoms with Crippen molar-refractivity contribution in [2.75, 3.05) is 12.0 Å². The van der Waals surface area contributed by atoms with E-state index in [4.69, 9.17) is 33.3 Å². The summed E-state index contributed by atoms with van der Waals surface area (Å²) in [6.07, 6.45) is 1.55. The lowest BCUT2D eigenvalue weighted by Crippen LogP contribution is -2.27. The number of nitrogens with zero attached hydrogens (tertiary/aromatic N) is 2. The second-order valence-electron chi connectivity index (χ2n) is 6.46. The van der Waals surface area contributed by atoms with E-state index in [1.54, 1.807) is 24.3 Å². The maximum absolute atomic E-state index is 13.1. The van der Waals surface area contributed by atoms with Crippen LogP contribution in [0.2, 0.25) is 5.02 Å². The average molecular weight is 465 g/mol. The third kappa shape index (κ3) is 4.43. The first-order valence-electron chi connectivity index (χ1n) is 8.78. The highest BCUT2D eigenvalue weighted by Gasteiger charge is 2.35. The molecule has 2 aromatic rings. The number of methoxy groups -OCH3 is 1. The van der Waals surface area contributed by atoms with Gasteiger partial charge in [0, 0.05) is 17.7 Å². The van der Waals surface area contributed by atoms with Gasteiger partial charge in [0.15, 0.2) is 15.8 Å². The molecule has 2 aromatic carbocycles. The fraction of sp³-hybridized carbons (Fsp3) is 0.200. The van der Waals surface area contributed by atoms with Gasteiger partial charge in [-0.15, -0.1) is 0 Å². The molecule has 1 saturated heterocycles. The Morgan fingerprint density at radius 1 is 1.30 bits per heavy atom. The number of hydrogen-bond donors (Lipinski definition) is 0. The summed E-state index contributed by atoms with van der Waals surface area (Å²) in [5.41, 5.74) is 0.627. The molecule has 10 heteroatoms. The molecular weight excluding hydrogens is 448 g/mol. The van der Waals surface area contributed by atoms with E-state index in [2.05, 4.69) is 0 Å². The number of rotatable bonds is 6. The quantitative estimate of drug-likeness (QED) is 0.243. The number of carbonyl (C=O) groups excluding carboxylic acids is 1. The molecule has 1 fully saturated rings. The summed E-state index contributed by atoms with van der Waals surface area (Å²) < 4.78 is 11.5. The molecule has 0 spiro atoms. The van der Waals surface area contributed by atoms with Crippen molar-refractivity contribution in [3.05, 3.63) is 62.0 Å². The minimum Gasteiger partial charge on any atom is -0.493 e. The fourth-order valence-electron chi connectivity index (χ4n) is 2.77. The number of halogens is 1. The van der Waals surface area contributed by atoms with Crippen LogP contribution in [0.4, 0.5) is 11.4 Å². The summed E-state index contributed by atoms with van der Waals surface area (Å²) in [5.74, 6) is 0.619. The van der Waals surface area contributed by atoms with Crippen LogP contribution in [-0.4, -0.2) is 28.4 Å². The topological polar surface area (TPSA) is 81.9 Å². The molecule has 1 heterocycles. The van der Waals surface area contributed by atoms with Crippen molar-refractivity contribution in [3.8, 4) is 11.5 Å². The summed E-state index contributed by atoms with van der Waals surface area (Å²) >= 11 is 12.6. The van der Waals surface area contributed by atoms with Crippen molar-refractivity contribution in [2.24, 2.45) is 0 Å². The Kier molecular flexibility index (Phi) is 6.64. The first kappa shape index (κ1) is 22.1. The molecule has 156 valence electrons. The Morgan fingerprint density at radius 3 is 2.67 bits per heavy atom. The van der Waals surface area contributed by atoms with Gasteiger partial charge in [0.05, 0.1) is 33.8 Å². The molecule has 30 heavy (non-hydrogen) atoms. The number of nitro benzene ring substituents is 1. The summed E-state index contributed by atoms with van der Waals surface area (Å²) in [6, 6.07) is 9.22. The standard InChI is InChI=1S/C20H17ClN2O5S2/c1-11(2)28-18-12(5-4-6-16(18)27-3)9-17-19(24)22(20(29)30-17)15-10-13(23(25)26)7-8-14(15)21/h4-11H,1-3H3. The third-order valence-electron chi connectivity index (χ3n) is 4.04. The summed E-state index contributed by atoms with van der Waals surface area (Å²) in [4.78, 5) is 25.2. The number of amides is 1. The first-order chi connectivity index (χ1) is 14.2. The summed E-state index contributed by atoms with van der Waals surface area (Å²) in [5, 5.41) is 11.3. The van der Waals surface area contributed by atoms with Crippen LogP contribution in [0.3, 0.4) is 0 Å². The lowest BCUT2D eigenvalue weighted by molar-refractivity contribution is -0.384. The van der Waals surface area contributed by atoms with E-state index < -0.39 is 10.8 Å².